The third kappa shape index (κ3) is 2.86. The Balaban J connectivity index is 1.81. The molecule has 0 N–H and O–H groups in total. The molecule has 7 rings (SSSR count). The molecule has 0 unspecified atom stereocenters. The van der Waals surface area contributed by atoms with E-state index in [9.17, 15) is 0 Å². The van der Waals surface area contributed by atoms with Crippen LogP contribution >= 0.6 is 0 Å². The van der Waals surface area contributed by atoms with Crippen LogP contribution < -0.4 is 0 Å². The Bertz CT molecular complexity index is 1710. The van der Waals surface area contributed by atoms with E-state index in [0.29, 0.717) is 0 Å². The van der Waals surface area contributed by atoms with Crippen LogP contribution in [0.1, 0.15) is 0 Å². The molecule has 7 aromatic rings. The number of benzene rings is 4. The van der Waals surface area contributed by atoms with Crippen LogP contribution in [0.5, 0.6) is 0 Å². The number of rotatable bonds is 2. The fraction of sp³-hybridized carbons (Fsp3) is 0. The molecule has 3 heterocycles. The van der Waals surface area contributed by atoms with Crippen molar-refractivity contribution in [3.63, 3.8) is 0 Å². The highest BCUT2D eigenvalue weighted by Crippen LogP contribution is 2.31. The van der Waals surface area contributed by atoms with Gasteiger partial charge in [-0.3, -0.25) is 9.97 Å². The number of fused-ring (bicyclic) bond motifs is 2. The van der Waals surface area contributed by atoms with Crippen molar-refractivity contribution in [2.24, 2.45) is 0 Å². The summed E-state index contributed by atoms with van der Waals surface area (Å²) in [5, 5.41) is 4.74. The largest absolute Gasteiger partial charge is 0.308 e. The minimum atomic E-state index is 1.03. The van der Waals surface area contributed by atoms with Gasteiger partial charge in [0, 0.05) is 34.2 Å². The van der Waals surface area contributed by atoms with Gasteiger partial charge >= 0.3 is 0 Å². The SMILES string of the molecule is c1cncc(-n2c3ccc4cccc(c4c3)n(-c3cccnc3)c3ccc4cccc2c4c3)c1. The van der Waals surface area contributed by atoms with Crippen LogP contribution in [0.25, 0.3) is 55.0 Å². The molecule has 4 nitrogen and oxygen atoms in total. The maximum atomic E-state index is 4.42. The molecule has 0 atom stereocenters. The van der Waals surface area contributed by atoms with E-state index in [2.05, 4.69) is 104 Å². The van der Waals surface area contributed by atoms with E-state index in [1.54, 1.807) is 0 Å². The quantitative estimate of drug-likeness (QED) is 0.286. The number of aromatic nitrogens is 4. The second-order valence-corrected chi connectivity index (χ2v) is 8.46. The van der Waals surface area contributed by atoms with Crippen LogP contribution in [-0.4, -0.2) is 19.1 Å². The molecule has 0 aliphatic carbocycles. The smallest absolute Gasteiger partial charge is 0.0645 e. The molecule has 0 saturated heterocycles. The Labute approximate surface area is 196 Å². The van der Waals surface area contributed by atoms with Crippen molar-refractivity contribution in [3.8, 4) is 11.4 Å². The summed E-state index contributed by atoms with van der Waals surface area (Å²) in [5.41, 5.74) is 6.50. The van der Waals surface area contributed by atoms with E-state index in [-0.39, 0.29) is 0 Å². The predicted molar refractivity (Wildman–Crippen MR) is 140 cm³/mol. The summed E-state index contributed by atoms with van der Waals surface area (Å²) in [6, 6.07) is 34.5. The summed E-state index contributed by atoms with van der Waals surface area (Å²) >= 11 is 0. The van der Waals surface area contributed by atoms with E-state index in [1.165, 1.54) is 21.5 Å². The van der Waals surface area contributed by atoms with E-state index < -0.39 is 0 Å². The molecule has 0 aliphatic heterocycles. The molecule has 4 bridgehead atoms. The second-order valence-electron chi connectivity index (χ2n) is 8.46. The Morgan fingerprint density at radius 3 is 1.41 bits per heavy atom. The molecule has 0 radical (unpaired) electrons. The standard InChI is InChI=1S/C30H20N4/c1-5-21-11-13-24-17-27(21)29(9-1)33(25-7-3-15-31-19-25)23-14-12-22-6-2-10-30(28(22)18-23)34(24)26-8-4-16-32-20-26/h1-20H. The van der Waals surface area contributed by atoms with E-state index >= 15 is 0 Å². The zero-order valence-electron chi connectivity index (χ0n) is 18.3. The van der Waals surface area contributed by atoms with Gasteiger partial charge in [0.1, 0.15) is 0 Å². The average Bonchev–Trinajstić information content (AvgIpc) is 2.90. The van der Waals surface area contributed by atoms with Gasteiger partial charge in [0.05, 0.1) is 34.8 Å². The average molecular weight is 437 g/mol. The minimum absolute atomic E-state index is 1.03. The van der Waals surface area contributed by atoms with Crippen molar-refractivity contribution >= 4 is 43.6 Å². The molecule has 34 heavy (non-hydrogen) atoms. The molecule has 0 amide bonds. The topological polar surface area (TPSA) is 35.6 Å². The second kappa shape index (κ2) is 7.42. The van der Waals surface area contributed by atoms with Gasteiger partial charge in [-0.15, -0.1) is 0 Å². The van der Waals surface area contributed by atoms with Crippen molar-refractivity contribution in [1.29, 1.82) is 0 Å². The van der Waals surface area contributed by atoms with Crippen molar-refractivity contribution in [3.05, 3.63) is 122 Å². The monoisotopic (exact) mass is 436 g/mol. The van der Waals surface area contributed by atoms with Gasteiger partial charge in [0.25, 0.3) is 0 Å². The molecule has 4 heteroatoms. The summed E-state index contributed by atoms with van der Waals surface area (Å²) in [6.45, 7) is 0. The molecule has 3 aromatic heterocycles. The highest BCUT2D eigenvalue weighted by Gasteiger charge is 2.11. The normalized spacial score (nSPS) is 11.5. The first-order chi connectivity index (χ1) is 16.9. The van der Waals surface area contributed by atoms with Gasteiger partial charge in [-0.05, 0) is 71.4 Å². The summed E-state index contributed by atoms with van der Waals surface area (Å²) < 4.78 is 4.60. The molecular weight excluding hydrogens is 416 g/mol. The molecular formula is C30H20N4. The van der Waals surface area contributed by atoms with Gasteiger partial charge in [-0.2, -0.15) is 0 Å². The fourth-order valence-electron chi connectivity index (χ4n) is 4.98. The predicted octanol–water partition coefficient (Wildman–Crippen LogP) is 7.23. The number of hydrogen-bond acceptors (Lipinski definition) is 2. The molecule has 160 valence electrons. The van der Waals surface area contributed by atoms with Crippen molar-refractivity contribution in [2.75, 3.05) is 0 Å². The molecule has 0 spiro atoms. The summed E-state index contributed by atoms with van der Waals surface area (Å²) in [6.07, 6.45) is 7.48. The van der Waals surface area contributed by atoms with Crippen molar-refractivity contribution in [2.45, 2.75) is 0 Å². The lowest BCUT2D eigenvalue weighted by Gasteiger charge is -2.17. The highest BCUT2D eigenvalue weighted by molar-refractivity contribution is 6.04. The summed E-state index contributed by atoms with van der Waals surface area (Å²) in [4.78, 5) is 8.85. The Kier molecular flexibility index (Phi) is 4.11. The lowest BCUT2D eigenvalue weighted by molar-refractivity contribution is 1.12. The molecule has 0 saturated carbocycles. The highest BCUT2D eigenvalue weighted by atomic mass is 15.0. The zero-order chi connectivity index (χ0) is 22.5. The first kappa shape index (κ1) is 18.8. The van der Waals surface area contributed by atoms with Crippen molar-refractivity contribution < 1.29 is 0 Å². The van der Waals surface area contributed by atoms with Crippen molar-refractivity contribution in [1.82, 2.24) is 19.1 Å². The van der Waals surface area contributed by atoms with Gasteiger partial charge in [0.15, 0.2) is 0 Å². The zero-order valence-corrected chi connectivity index (χ0v) is 18.3. The van der Waals surface area contributed by atoms with Crippen LogP contribution in [0, 0.1) is 0 Å². The van der Waals surface area contributed by atoms with Crippen LogP contribution in [0.3, 0.4) is 0 Å². The minimum Gasteiger partial charge on any atom is -0.308 e. The van der Waals surface area contributed by atoms with Crippen LogP contribution in [0.4, 0.5) is 0 Å². The van der Waals surface area contributed by atoms with E-state index in [1.807, 2.05) is 36.9 Å². The molecule has 0 fully saturated rings. The number of pyridine rings is 2. The van der Waals surface area contributed by atoms with Gasteiger partial charge in [-0.1, -0.05) is 36.4 Å². The number of nitrogens with zero attached hydrogens (tertiary/aromatic N) is 4. The lowest BCUT2D eigenvalue weighted by Crippen LogP contribution is -2.01. The Morgan fingerprint density at radius 2 is 0.971 bits per heavy atom. The molecule has 0 aliphatic rings. The first-order valence-electron chi connectivity index (χ1n) is 11.3. The Morgan fingerprint density at radius 1 is 0.471 bits per heavy atom. The third-order valence-corrected chi connectivity index (χ3v) is 6.49. The fourth-order valence-corrected chi connectivity index (χ4v) is 4.98. The van der Waals surface area contributed by atoms with Crippen LogP contribution in [-0.2, 0) is 0 Å². The lowest BCUT2D eigenvalue weighted by atomic mass is 10.1. The van der Waals surface area contributed by atoms with E-state index in [0.717, 1.165) is 33.4 Å². The third-order valence-electron chi connectivity index (χ3n) is 6.49. The van der Waals surface area contributed by atoms with Crippen LogP contribution in [0.15, 0.2) is 122 Å². The maximum absolute atomic E-state index is 4.42. The molecule has 4 aromatic carbocycles. The maximum Gasteiger partial charge on any atom is 0.0645 e. The number of hydrogen-bond donors (Lipinski definition) is 0. The van der Waals surface area contributed by atoms with Gasteiger partial charge < -0.3 is 9.13 Å². The van der Waals surface area contributed by atoms with Gasteiger partial charge in [0.2, 0.25) is 0 Å². The summed E-state index contributed by atoms with van der Waals surface area (Å²) in [7, 11) is 0. The van der Waals surface area contributed by atoms with Crippen LogP contribution in [0.2, 0.25) is 0 Å². The van der Waals surface area contributed by atoms with Gasteiger partial charge in [-0.25, -0.2) is 0 Å². The summed E-state index contributed by atoms with van der Waals surface area (Å²) in [5.74, 6) is 0. The Hall–Kier alpha value is -4.70. The van der Waals surface area contributed by atoms with E-state index in [4.69, 9.17) is 0 Å². The first-order valence-corrected chi connectivity index (χ1v) is 11.3.